The van der Waals surface area contributed by atoms with Crippen molar-refractivity contribution >= 4 is 40.7 Å². The molecule has 2 heterocycles. The lowest BCUT2D eigenvalue weighted by Crippen LogP contribution is -2.44. The summed E-state index contributed by atoms with van der Waals surface area (Å²) in [5.74, 6) is -3.30. The molecule has 1 saturated heterocycles. The first kappa shape index (κ1) is 24.7. The van der Waals surface area contributed by atoms with Crippen LogP contribution in [0, 0.1) is 17.2 Å². The van der Waals surface area contributed by atoms with E-state index in [-0.39, 0.29) is 23.4 Å². The minimum atomic E-state index is -1.62. The molecule has 3 amide bonds. The van der Waals surface area contributed by atoms with Gasteiger partial charge in [0.2, 0.25) is 17.7 Å². The highest BCUT2D eigenvalue weighted by atomic mass is 35.5. The van der Waals surface area contributed by atoms with Crippen LogP contribution in [-0.2, 0) is 14.4 Å². The second-order valence-electron chi connectivity index (χ2n) is 9.25. The SMILES string of the molecule is O=C(Nc1ccc(Cl)cc1)[C@H]1C[C@]1(C(=O)Nc1ccc(-n2ccccc2=O)cc1F)C(=O)N1CCCC1. The minimum absolute atomic E-state index is 0.0205. The van der Waals surface area contributed by atoms with Gasteiger partial charge >= 0.3 is 0 Å². The van der Waals surface area contributed by atoms with Gasteiger partial charge in [-0.25, -0.2) is 4.39 Å². The van der Waals surface area contributed by atoms with Crippen LogP contribution in [0.25, 0.3) is 5.69 Å². The zero-order valence-electron chi connectivity index (χ0n) is 19.7. The highest BCUT2D eigenvalue weighted by Crippen LogP contribution is 2.55. The molecular weight excluding hydrogens is 499 g/mol. The summed E-state index contributed by atoms with van der Waals surface area (Å²) in [4.78, 5) is 53.7. The molecule has 8 nitrogen and oxygen atoms in total. The van der Waals surface area contributed by atoms with Crippen molar-refractivity contribution in [2.24, 2.45) is 11.3 Å². The first-order valence-electron chi connectivity index (χ1n) is 11.9. The van der Waals surface area contributed by atoms with Crippen LogP contribution in [0.1, 0.15) is 19.3 Å². The smallest absolute Gasteiger partial charge is 0.255 e. The second kappa shape index (κ2) is 9.82. The first-order valence-corrected chi connectivity index (χ1v) is 12.3. The average molecular weight is 523 g/mol. The molecule has 0 unspecified atom stereocenters. The van der Waals surface area contributed by atoms with Gasteiger partial charge < -0.3 is 15.5 Å². The number of aromatic nitrogens is 1. The van der Waals surface area contributed by atoms with Gasteiger partial charge in [0.15, 0.2) is 0 Å². The Labute approximate surface area is 217 Å². The molecule has 37 heavy (non-hydrogen) atoms. The predicted octanol–water partition coefficient (Wildman–Crippen LogP) is 3.84. The molecule has 10 heteroatoms. The lowest BCUT2D eigenvalue weighted by Gasteiger charge is -2.23. The summed E-state index contributed by atoms with van der Waals surface area (Å²) >= 11 is 5.90. The van der Waals surface area contributed by atoms with E-state index in [2.05, 4.69) is 10.6 Å². The molecule has 2 aliphatic rings. The Morgan fingerprint density at radius 3 is 2.38 bits per heavy atom. The summed E-state index contributed by atoms with van der Waals surface area (Å²) < 4.78 is 16.3. The van der Waals surface area contributed by atoms with E-state index in [1.54, 1.807) is 41.3 Å². The summed E-state index contributed by atoms with van der Waals surface area (Å²) in [5, 5.41) is 5.77. The molecule has 2 fully saturated rings. The van der Waals surface area contributed by atoms with Crippen LogP contribution in [0.4, 0.5) is 15.8 Å². The maximum absolute atomic E-state index is 15.0. The predicted molar refractivity (Wildman–Crippen MR) is 137 cm³/mol. The Morgan fingerprint density at radius 1 is 0.973 bits per heavy atom. The van der Waals surface area contributed by atoms with Crippen molar-refractivity contribution in [3.05, 3.63) is 88.1 Å². The van der Waals surface area contributed by atoms with Crippen molar-refractivity contribution in [1.82, 2.24) is 9.47 Å². The van der Waals surface area contributed by atoms with E-state index in [9.17, 15) is 23.6 Å². The van der Waals surface area contributed by atoms with Crippen molar-refractivity contribution in [2.75, 3.05) is 23.7 Å². The van der Waals surface area contributed by atoms with E-state index < -0.39 is 34.9 Å². The Balaban J connectivity index is 1.38. The van der Waals surface area contributed by atoms with Gasteiger partial charge in [0.25, 0.3) is 5.56 Å². The van der Waals surface area contributed by atoms with Gasteiger partial charge in [0, 0.05) is 42.1 Å². The molecule has 190 valence electrons. The van der Waals surface area contributed by atoms with Crippen LogP contribution in [0.2, 0.25) is 5.02 Å². The normalized spacial score (nSPS) is 20.4. The van der Waals surface area contributed by atoms with Crippen LogP contribution in [0.15, 0.2) is 71.7 Å². The average Bonchev–Trinajstić information content (AvgIpc) is 3.42. The summed E-state index contributed by atoms with van der Waals surface area (Å²) in [6.45, 7) is 1.02. The zero-order chi connectivity index (χ0) is 26.2. The molecule has 0 bridgehead atoms. The summed E-state index contributed by atoms with van der Waals surface area (Å²) in [6.07, 6.45) is 3.17. The molecule has 1 aliphatic carbocycles. The topological polar surface area (TPSA) is 101 Å². The second-order valence-corrected chi connectivity index (χ2v) is 9.69. The highest BCUT2D eigenvalue weighted by molar-refractivity contribution is 6.30. The Hall–Kier alpha value is -3.98. The van der Waals surface area contributed by atoms with E-state index in [0.29, 0.717) is 23.8 Å². The molecular formula is C27H24ClFN4O4. The summed E-state index contributed by atoms with van der Waals surface area (Å²) in [5.41, 5.74) is -1.32. The number of hydrogen-bond donors (Lipinski definition) is 2. The third-order valence-corrected chi connectivity index (χ3v) is 7.12. The number of nitrogens with one attached hydrogen (secondary N) is 2. The van der Waals surface area contributed by atoms with Crippen molar-refractivity contribution in [3.8, 4) is 5.69 Å². The maximum Gasteiger partial charge on any atom is 0.255 e. The van der Waals surface area contributed by atoms with Crippen molar-refractivity contribution in [1.29, 1.82) is 0 Å². The quantitative estimate of drug-likeness (QED) is 0.480. The fourth-order valence-corrected chi connectivity index (χ4v) is 4.88. The van der Waals surface area contributed by atoms with Crippen LogP contribution in [0.5, 0.6) is 0 Å². The zero-order valence-corrected chi connectivity index (χ0v) is 20.5. The number of benzene rings is 2. The molecule has 2 aromatic carbocycles. The number of likely N-dealkylation sites (tertiary alicyclic amines) is 1. The van der Waals surface area contributed by atoms with Gasteiger partial charge in [-0.3, -0.25) is 23.7 Å². The number of anilines is 2. The number of hydrogen-bond acceptors (Lipinski definition) is 4. The number of nitrogens with zero attached hydrogens (tertiary/aromatic N) is 2. The van der Waals surface area contributed by atoms with Gasteiger partial charge in [0.1, 0.15) is 11.2 Å². The number of rotatable bonds is 6. The first-order chi connectivity index (χ1) is 17.8. The van der Waals surface area contributed by atoms with Crippen molar-refractivity contribution in [2.45, 2.75) is 19.3 Å². The van der Waals surface area contributed by atoms with Crippen LogP contribution in [-0.4, -0.2) is 40.3 Å². The van der Waals surface area contributed by atoms with Crippen molar-refractivity contribution in [3.63, 3.8) is 0 Å². The van der Waals surface area contributed by atoms with Gasteiger partial charge in [-0.2, -0.15) is 0 Å². The van der Waals surface area contributed by atoms with E-state index in [1.165, 1.54) is 29.0 Å². The molecule has 1 aliphatic heterocycles. The lowest BCUT2D eigenvalue weighted by atomic mass is 9.99. The minimum Gasteiger partial charge on any atom is -0.342 e. The molecule has 0 radical (unpaired) electrons. The Morgan fingerprint density at radius 2 is 1.70 bits per heavy atom. The molecule has 5 rings (SSSR count). The van der Waals surface area contributed by atoms with E-state index in [1.807, 2.05) is 0 Å². The fourth-order valence-electron chi connectivity index (χ4n) is 4.76. The summed E-state index contributed by atoms with van der Waals surface area (Å²) in [7, 11) is 0. The lowest BCUT2D eigenvalue weighted by molar-refractivity contribution is -0.143. The van der Waals surface area contributed by atoms with Crippen LogP contribution in [0.3, 0.4) is 0 Å². The van der Waals surface area contributed by atoms with E-state index in [0.717, 1.165) is 18.9 Å². The fraction of sp³-hybridized carbons (Fsp3) is 0.259. The number of halogens is 2. The monoisotopic (exact) mass is 522 g/mol. The van der Waals surface area contributed by atoms with Gasteiger partial charge in [-0.05, 0) is 61.7 Å². The van der Waals surface area contributed by atoms with Gasteiger partial charge in [-0.15, -0.1) is 0 Å². The molecule has 2 atom stereocenters. The van der Waals surface area contributed by atoms with Crippen LogP contribution < -0.4 is 16.2 Å². The van der Waals surface area contributed by atoms with Gasteiger partial charge in [0.05, 0.1) is 17.3 Å². The van der Waals surface area contributed by atoms with E-state index in [4.69, 9.17) is 11.6 Å². The largest absolute Gasteiger partial charge is 0.342 e. The molecule has 1 saturated carbocycles. The number of carbonyl (C=O) groups is 3. The summed E-state index contributed by atoms with van der Waals surface area (Å²) in [6, 6.07) is 15.0. The Bertz CT molecular complexity index is 1430. The molecule has 1 aromatic heterocycles. The van der Waals surface area contributed by atoms with Crippen molar-refractivity contribution < 1.29 is 18.8 Å². The van der Waals surface area contributed by atoms with E-state index >= 15 is 0 Å². The maximum atomic E-state index is 15.0. The Kier molecular flexibility index (Phi) is 6.55. The molecule has 2 N–H and O–H groups in total. The third-order valence-electron chi connectivity index (χ3n) is 6.87. The standard InChI is InChI=1S/C27H24ClFN4O4/c28-17-6-8-18(9-7-17)30-24(35)20-16-27(20,26(37)32-12-3-4-13-32)25(36)31-22-11-10-19(15-21(22)29)33-14-2-1-5-23(33)34/h1-2,5-11,14-15,20H,3-4,12-13,16H2,(H,30,35)(H,31,36)/t20-,27+/m1/s1. The number of amides is 3. The molecule has 0 spiro atoms. The van der Waals surface area contributed by atoms with Crippen LogP contribution >= 0.6 is 11.6 Å². The third kappa shape index (κ3) is 4.74. The van der Waals surface area contributed by atoms with Gasteiger partial charge in [-0.1, -0.05) is 17.7 Å². The number of carbonyl (C=O) groups excluding carboxylic acids is 3. The number of pyridine rings is 1. The molecule has 3 aromatic rings. The highest BCUT2D eigenvalue weighted by Gasteiger charge is 2.69.